The lowest BCUT2D eigenvalue weighted by Crippen LogP contribution is -2.35. The molecule has 1 atom stereocenters. The first-order chi connectivity index (χ1) is 10.3. The van der Waals surface area contributed by atoms with Gasteiger partial charge in [0.25, 0.3) is 0 Å². The second kappa shape index (κ2) is 6.43. The molecule has 0 aliphatic carbocycles. The number of likely N-dealkylation sites (tertiary alicyclic amines) is 1. The Morgan fingerprint density at radius 1 is 1.14 bits per heavy atom. The molecule has 1 aromatic rings. The van der Waals surface area contributed by atoms with Crippen molar-refractivity contribution in [3.05, 3.63) is 0 Å². The molecule has 0 radical (unpaired) electrons. The molecular weight excluding hydrogens is 266 g/mol. The van der Waals surface area contributed by atoms with Crippen molar-refractivity contribution in [1.29, 1.82) is 0 Å². The van der Waals surface area contributed by atoms with Crippen LogP contribution in [0.3, 0.4) is 0 Å². The number of nitrogen functional groups attached to an aromatic ring is 1. The number of rotatable bonds is 5. The van der Waals surface area contributed by atoms with Crippen molar-refractivity contribution < 1.29 is 0 Å². The SMILES string of the molecule is CCN1CCCC1CNc1nc(N)nc(N2CCCC2)n1. The summed E-state index contributed by atoms with van der Waals surface area (Å²) in [6, 6.07) is 0.572. The molecule has 0 saturated carbocycles. The van der Waals surface area contributed by atoms with E-state index in [0.717, 1.165) is 26.2 Å². The highest BCUT2D eigenvalue weighted by molar-refractivity contribution is 5.42. The van der Waals surface area contributed by atoms with Crippen molar-refractivity contribution in [3.63, 3.8) is 0 Å². The predicted octanol–water partition coefficient (Wildman–Crippen LogP) is 0.950. The van der Waals surface area contributed by atoms with E-state index in [2.05, 4.69) is 37.0 Å². The average molecular weight is 291 g/mol. The first-order valence-electron chi connectivity index (χ1n) is 8.00. The molecule has 0 aromatic carbocycles. The fourth-order valence-electron chi connectivity index (χ4n) is 3.27. The van der Waals surface area contributed by atoms with Gasteiger partial charge in [0.2, 0.25) is 17.8 Å². The molecule has 3 N–H and O–H groups in total. The number of anilines is 3. The van der Waals surface area contributed by atoms with Crippen molar-refractivity contribution in [3.8, 4) is 0 Å². The molecule has 1 aromatic heterocycles. The molecule has 0 amide bonds. The minimum absolute atomic E-state index is 0.299. The minimum Gasteiger partial charge on any atom is -0.368 e. The fourth-order valence-corrected chi connectivity index (χ4v) is 3.27. The Kier molecular flexibility index (Phi) is 4.38. The van der Waals surface area contributed by atoms with Crippen LogP contribution in [0.2, 0.25) is 0 Å². The predicted molar refractivity (Wildman–Crippen MR) is 84.4 cm³/mol. The third-order valence-corrected chi connectivity index (χ3v) is 4.43. The van der Waals surface area contributed by atoms with Gasteiger partial charge in [0.15, 0.2) is 0 Å². The number of hydrogen-bond donors (Lipinski definition) is 2. The molecule has 0 spiro atoms. The van der Waals surface area contributed by atoms with E-state index in [1.165, 1.54) is 32.2 Å². The van der Waals surface area contributed by atoms with Gasteiger partial charge in [0.1, 0.15) is 0 Å². The van der Waals surface area contributed by atoms with Gasteiger partial charge in [-0.15, -0.1) is 0 Å². The zero-order valence-electron chi connectivity index (χ0n) is 12.8. The summed E-state index contributed by atoms with van der Waals surface area (Å²) in [6.07, 6.45) is 4.91. The molecule has 1 unspecified atom stereocenters. The quantitative estimate of drug-likeness (QED) is 0.835. The maximum atomic E-state index is 5.82. The molecule has 7 nitrogen and oxygen atoms in total. The Morgan fingerprint density at radius 3 is 2.71 bits per heavy atom. The van der Waals surface area contributed by atoms with E-state index in [-0.39, 0.29) is 0 Å². The van der Waals surface area contributed by atoms with Crippen LogP contribution >= 0.6 is 0 Å². The van der Waals surface area contributed by atoms with Crippen LogP contribution in [-0.4, -0.2) is 58.6 Å². The molecule has 2 fully saturated rings. The topological polar surface area (TPSA) is 83.2 Å². The largest absolute Gasteiger partial charge is 0.368 e. The Labute approximate surface area is 126 Å². The number of nitrogens with one attached hydrogen (secondary N) is 1. The highest BCUT2D eigenvalue weighted by Gasteiger charge is 2.23. The molecule has 2 saturated heterocycles. The van der Waals surface area contributed by atoms with Gasteiger partial charge in [0, 0.05) is 25.7 Å². The van der Waals surface area contributed by atoms with Gasteiger partial charge in [-0.1, -0.05) is 6.92 Å². The first-order valence-corrected chi connectivity index (χ1v) is 8.00. The van der Waals surface area contributed by atoms with E-state index in [1.807, 2.05) is 0 Å². The van der Waals surface area contributed by atoms with Gasteiger partial charge >= 0.3 is 0 Å². The third-order valence-electron chi connectivity index (χ3n) is 4.43. The second-order valence-corrected chi connectivity index (χ2v) is 5.82. The summed E-state index contributed by atoms with van der Waals surface area (Å²) in [5, 5.41) is 3.35. The van der Waals surface area contributed by atoms with Crippen LogP contribution in [0.1, 0.15) is 32.6 Å². The van der Waals surface area contributed by atoms with Gasteiger partial charge in [-0.05, 0) is 38.8 Å². The summed E-state index contributed by atoms with van der Waals surface area (Å²) >= 11 is 0. The summed E-state index contributed by atoms with van der Waals surface area (Å²) in [4.78, 5) is 17.7. The van der Waals surface area contributed by atoms with Crippen LogP contribution in [0.25, 0.3) is 0 Å². The third kappa shape index (κ3) is 3.34. The molecule has 7 heteroatoms. The van der Waals surface area contributed by atoms with Crippen molar-refractivity contribution in [2.75, 3.05) is 48.7 Å². The lowest BCUT2D eigenvalue weighted by Gasteiger charge is -2.23. The van der Waals surface area contributed by atoms with E-state index in [9.17, 15) is 0 Å². The summed E-state index contributed by atoms with van der Waals surface area (Å²) in [6.45, 7) is 7.40. The van der Waals surface area contributed by atoms with E-state index in [4.69, 9.17) is 5.73 Å². The Hall–Kier alpha value is -1.63. The van der Waals surface area contributed by atoms with E-state index in [0.29, 0.717) is 23.9 Å². The molecular formula is C14H25N7. The summed E-state index contributed by atoms with van der Waals surface area (Å²) in [7, 11) is 0. The maximum absolute atomic E-state index is 5.82. The molecule has 3 rings (SSSR count). The normalized spacial score (nSPS) is 22.9. The molecule has 0 bridgehead atoms. The monoisotopic (exact) mass is 291 g/mol. The Bertz CT molecular complexity index is 472. The van der Waals surface area contributed by atoms with Crippen molar-refractivity contribution in [2.45, 2.75) is 38.6 Å². The van der Waals surface area contributed by atoms with Crippen LogP contribution in [-0.2, 0) is 0 Å². The number of aromatic nitrogens is 3. The average Bonchev–Trinajstić information content (AvgIpc) is 3.15. The van der Waals surface area contributed by atoms with Crippen LogP contribution in [0, 0.1) is 0 Å². The smallest absolute Gasteiger partial charge is 0.231 e. The highest BCUT2D eigenvalue weighted by Crippen LogP contribution is 2.19. The Balaban J connectivity index is 1.64. The number of hydrogen-bond acceptors (Lipinski definition) is 7. The maximum Gasteiger partial charge on any atom is 0.231 e. The minimum atomic E-state index is 0.299. The zero-order valence-corrected chi connectivity index (χ0v) is 12.8. The lowest BCUT2D eigenvalue weighted by molar-refractivity contribution is 0.277. The van der Waals surface area contributed by atoms with Gasteiger partial charge in [-0.2, -0.15) is 15.0 Å². The van der Waals surface area contributed by atoms with E-state index >= 15 is 0 Å². The van der Waals surface area contributed by atoms with E-state index < -0.39 is 0 Å². The second-order valence-electron chi connectivity index (χ2n) is 5.82. The molecule has 3 heterocycles. The summed E-state index contributed by atoms with van der Waals surface area (Å²) in [5.74, 6) is 1.61. The van der Waals surface area contributed by atoms with Crippen LogP contribution < -0.4 is 16.0 Å². The summed E-state index contributed by atoms with van der Waals surface area (Å²) in [5.41, 5.74) is 5.82. The fraction of sp³-hybridized carbons (Fsp3) is 0.786. The number of likely N-dealkylation sites (N-methyl/N-ethyl adjacent to an activating group) is 1. The zero-order chi connectivity index (χ0) is 14.7. The van der Waals surface area contributed by atoms with Gasteiger partial charge in [-0.3, -0.25) is 4.90 Å². The van der Waals surface area contributed by atoms with Crippen molar-refractivity contribution >= 4 is 17.8 Å². The van der Waals surface area contributed by atoms with Crippen molar-refractivity contribution in [2.24, 2.45) is 0 Å². The van der Waals surface area contributed by atoms with Crippen molar-refractivity contribution in [1.82, 2.24) is 19.9 Å². The van der Waals surface area contributed by atoms with E-state index in [1.54, 1.807) is 0 Å². The van der Waals surface area contributed by atoms with Crippen LogP contribution in [0.15, 0.2) is 0 Å². The molecule has 21 heavy (non-hydrogen) atoms. The number of nitrogens with zero attached hydrogens (tertiary/aromatic N) is 5. The van der Waals surface area contributed by atoms with Crippen LogP contribution in [0.5, 0.6) is 0 Å². The van der Waals surface area contributed by atoms with Gasteiger partial charge in [0.05, 0.1) is 0 Å². The Morgan fingerprint density at radius 2 is 1.95 bits per heavy atom. The highest BCUT2D eigenvalue weighted by atomic mass is 15.3. The summed E-state index contributed by atoms with van der Waals surface area (Å²) < 4.78 is 0. The molecule has 116 valence electrons. The first kappa shape index (κ1) is 14.3. The van der Waals surface area contributed by atoms with Crippen LogP contribution in [0.4, 0.5) is 17.8 Å². The number of nitrogens with two attached hydrogens (primary N) is 1. The lowest BCUT2D eigenvalue weighted by atomic mass is 10.2. The molecule has 2 aliphatic heterocycles. The van der Waals surface area contributed by atoms with Gasteiger partial charge in [-0.25, -0.2) is 0 Å². The van der Waals surface area contributed by atoms with Gasteiger partial charge < -0.3 is 16.0 Å². The standard InChI is InChI=1S/C14H25N7/c1-2-20-9-5-6-11(20)10-16-13-17-12(15)18-14(19-13)21-7-3-4-8-21/h11H,2-10H2,1H3,(H3,15,16,17,18,19). The molecule has 2 aliphatic rings.